The van der Waals surface area contributed by atoms with Crippen LogP contribution in [-0.4, -0.2) is 35.5 Å². The number of carboxylic acids is 1. The Hall–Kier alpha value is -0.650. The molecule has 0 amide bonds. The number of aliphatic carboxylic acids is 1. The maximum atomic E-state index is 10.6. The van der Waals surface area contributed by atoms with Gasteiger partial charge in [0.05, 0.1) is 12.3 Å². The smallest absolute Gasteiger partial charge is 0.320 e. The number of rotatable bonds is 1. The summed E-state index contributed by atoms with van der Waals surface area (Å²) in [5.41, 5.74) is 0. The summed E-state index contributed by atoms with van der Waals surface area (Å²) in [5.74, 6) is -0.763. The fourth-order valence-electron chi connectivity index (χ4n) is 1.93. The number of nitrogens with one attached hydrogen (secondary N) is 3. The quantitative estimate of drug-likeness (QED) is 0.393. The molecule has 0 saturated carbocycles. The van der Waals surface area contributed by atoms with Crippen molar-refractivity contribution in [3.63, 3.8) is 0 Å². The van der Waals surface area contributed by atoms with Crippen molar-refractivity contribution in [1.82, 2.24) is 16.0 Å². The first-order valence-electron chi connectivity index (χ1n) is 4.18. The van der Waals surface area contributed by atoms with Crippen LogP contribution in [-0.2, 0) is 4.79 Å². The Labute approximate surface area is 70.5 Å². The highest BCUT2D eigenvalue weighted by molar-refractivity contribution is 5.74. The molecule has 5 heteroatoms. The van der Waals surface area contributed by atoms with Crippen molar-refractivity contribution in [2.75, 3.05) is 0 Å². The SMILES string of the molecule is CC1NC2CC(C(=O)O)NC2N1. The highest BCUT2D eigenvalue weighted by Gasteiger charge is 2.41. The number of fused-ring (bicyclic) bond motifs is 1. The summed E-state index contributed by atoms with van der Waals surface area (Å²) >= 11 is 0. The number of carbonyl (C=O) groups is 1. The Morgan fingerprint density at radius 3 is 2.75 bits per heavy atom. The maximum Gasteiger partial charge on any atom is 0.320 e. The van der Waals surface area contributed by atoms with Gasteiger partial charge in [-0.1, -0.05) is 0 Å². The fraction of sp³-hybridized carbons (Fsp3) is 0.857. The van der Waals surface area contributed by atoms with Crippen LogP contribution in [0.15, 0.2) is 0 Å². The van der Waals surface area contributed by atoms with Crippen molar-refractivity contribution >= 4 is 5.97 Å². The van der Waals surface area contributed by atoms with Crippen molar-refractivity contribution in [3.05, 3.63) is 0 Å². The van der Waals surface area contributed by atoms with E-state index in [1.54, 1.807) is 0 Å². The molecule has 0 radical (unpaired) electrons. The van der Waals surface area contributed by atoms with Crippen LogP contribution >= 0.6 is 0 Å². The van der Waals surface area contributed by atoms with Gasteiger partial charge in [0.2, 0.25) is 0 Å². The average molecular weight is 171 g/mol. The fourth-order valence-corrected chi connectivity index (χ4v) is 1.93. The maximum absolute atomic E-state index is 10.6. The molecule has 4 atom stereocenters. The third-order valence-corrected chi connectivity index (χ3v) is 2.46. The zero-order valence-corrected chi connectivity index (χ0v) is 6.87. The molecule has 2 aliphatic heterocycles. The molecule has 0 spiro atoms. The van der Waals surface area contributed by atoms with Gasteiger partial charge < -0.3 is 5.11 Å². The van der Waals surface area contributed by atoms with Crippen molar-refractivity contribution < 1.29 is 9.90 Å². The van der Waals surface area contributed by atoms with Gasteiger partial charge in [-0.2, -0.15) is 0 Å². The van der Waals surface area contributed by atoms with Crippen molar-refractivity contribution in [3.8, 4) is 0 Å². The molecule has 0 aromatic heterocycles. The van der Waals surface area contributed by atoms with Crippen LogP contribution in [0.3, 0.4) is 0 Å². The van der Waals surface area contributed by atoms with Crippen LogP contribution in [0.1, 0.15) is 13.3 Å². The van der Waals surface area contributed by atoms with Gasteiger partial charge in [0.15, 0.2) is 0 Å². The van der Waals surface area contributed by atoms with E-state index in [-0.39, 0.29) is 18.4 Å². The monoisotopic (exact) mass is 171 g/mol. The van der Waals surface area contributed by atoms with E-state index in [0.717, 1.165) is 0 Å². The second kappa shape index (κ2) is 2.69. The molecule has 2 aliphatic rings. The van der Waals surface area contributed by atoms with Crippen LogP contribution in [0.2, 0.25) is 0 Å². The van der Waals surface area contributed by atoms with Crippen LogP contribution in [0.25, 0.3) is 0 Å². The van der Waals surface area contributed by atoms with Gasteiger partial charge in [0, 0.05) is 6.04 Å². The van der Waals surface area contributed by atoms with E-state index >= 15 is 0 Å². The van der Waals surface area contributed by atoms with E-state index in [0.29, 0.717) is 6.42 Å². The largest absolute Gasteiger partial charge is 0.480 e. The second-order valence-electron chi connectivity index (χ2n) is 3.43. The molecular weight excluding hydrogens is 158 g/mol. The first kappa shape index (κ1) is 7.97. The first-order valence-corrected chi connectivity index (χ1v) is 4.18. The van der Waals surface area contributed by atoms with Crippen LogP contribution in [0, 0.1) is 0 Å². The van der Waals surface area contributed by atoms with Crippen molar-refractivity contribution in [2.45, 2.75) is 37.8 Å². The molecule has 4 unspecified atom stereocenters. The van der Waals surface area contributed by atoms with Gasteiger partial charge in [-0.25, -0.2) is 0 Å². The van der Waals surface area contributed by atoms with E-state index < -0.39 is 12.0 Å². The Kier molecular flexibility index (Phi) is 1.79. The van der Waals surface area contributed by atoms with Gasteiger partial charge >= 0.3 is 5.97 Å². The highest BCUT2D eigenvalue weighted by atomic mass is 16.4. The number of hydrogen-bond acceptors (Lipinski definition) is 4. The van der Waals surface area contributed by atoms with Crippen molar-refractivity contribution in [2.24, 2.45) is 0 Å². The minimum Gasteiger partial charge on any atom is -0.480 e. The zero-order chi connectivity index (χ0) is 8.72. The summed E-state index contributed by atoms with van der Waals surface area (Å²) in [6.07, 6.45) is 1.07. The van der Waals surface area contributed by atoms with E-state index in [1.807, 2.05) is 6.92 Å². The van der Waals surface area contributed by atoms with Gasteiger partial charge in [-0.15, -0.1) is 0 Å². The molecule has 2 rings (SSSR count). The van der Waals surface area contributed by atoms with Crippen molar-refractivity contribution in [1.29, 1.82) is 0 Å². The Bertz CT molecular complexity index is 195. The van der Waals surface area contributed by atoms with Gasteiger partial charge in [0.1, 0.15) is 6.04 Å². The standard InChI is InChI=1S/C7H13N3O2/c1-3-8-4-2-5(7(11)12)10-6(4)9-3/h3-6,8-10H,2H2,1H3,(H,11,12). The molecule has 0 aromatic carbocycles. The van der Waals surface area contributed by atoms with Gasteiger partial charge in [-0.3, -0.25) is 20.7 Å². The third-order valence-electron chi connectivity index (χ3n) is 2.46. The summed E-state index contributed by atoms with van der Waals surface area (Å²) in [7, 11) is 0. The molecule has 0 bridgehead atoms. The molecule has 4 N–H and O–H groups in total. The molecule has 2 fully saturated rings. The molecule has 2 heterocycles. The average Bonchev–Trinajstić information content (AvgIpc) is 2.42. The lowest BCUT2D eigenvalue weighted by Gasteiger charge is -2.11. The zero-order valence-electron chi connectivity index (χ0n) is 6.87. The molecule has 0 aliphatic carbocycles. The third kappa shape index (κ3) is 1.20. The summed E-state index contributed by atoms with van der Waals surface area (Å²) in [4.78, 5) is 10.6. The Balaban J connectivity index is 1.98. The lowest BCUT2D eigenvalue weighted by atomic mass is 10.2. The van der Waals surface area contributed by atoms with Crippen LogP contribution in [0.5, 0.6) is 0 Å². The van der Waals surface area contributed by atoms with E-state index in [1.165, 1.54) is 0 Å². The number of carboxylic acid groups (broad SMARTS) is 1. The summed E-state index contributed by atoms with van der Waals surface area (Å²) in [6.45, 7) is 2.02. The topological polar surface area (TPSA) is 73.4 Å². The van der Waals surface area contributed by atoms with E-state index in [2.05, 4.69) is 16.0 Å². The highest BCUT2D eigenvalue weighted by Crippen LogP contribution is 2.16. The summed E-state index contributed by atoms with van der Waals surface area (Å²) < 4.78 is 0. The molecule has 2 saturated heterocycles. The minimum atomic E-state index is -0.763. The molecular formula is C7H13N3O2. The minimum absolute atomic E-state index is 0.126. The summed E-state index contributed by atoms with van der Waals surface area (Å²) in [5, 5.41) is 18.2. The lowest BCUT2D eigenvalue weighted by Crippen LogP contribution is -2.44. The van der Waals surface area contributed by atoms with E-state index in [9.17, 15) is 4.79 Å². The second-order valence-corrected chi connectivity index (χ2v) is 3.43. The number of hydrogen-bond donors (Lipinski definition) is 4. The normalized spacial score (nSPS) is 46.1. The summed E-state index contributed by atoms with van der Waals surface area (Å²) in [6, 6.07) is -0.131. The molecule has 68 valence electrons. The predicted molar refractivity (Wildman–Crippen MR) is 42.5 cm³/mol. The van der Waals surface area contributed by atoms with Gasteiger partial charge in [0.25, 0.3) is 0 Å². The Morgan fingerprint density at radius 1 is 1.42 bits per heavy atom. The molecule has 0 aromatic rings. The van der Waals surface area contributed by atoms with Crippen LogP contribution < -0.4 is 16.0 Å². The Morgan fingerprint density at radius 2 is 2.17 bits per heavy atom. The van der Waals surface area contributed by atoms with Gasteiger partial charge in [-0.05, 0) is 13.3 Å². The van der Waals surface area contributed by atoms with E-state index in [4.69, 9.17) is 5.11 Å². The lowest BCUT2D eigenvalue weighted by molar-refractivity contribution is -0.139. The molecule has 12 heavy (non-hydrogen) atoms. The van der Waals surface area contributed by atoms with Crippen LogP contribution in [0.4, 0.5) is 0 Å². The molecule has 5 nitrogen and oxygen atoms in total. The predicted octanol–water partition coefficient (Wildman–Crippen LogP) is -1.33. The first-order chi connectivity index (χ1) is 5.66.